The van der Waals surface area contributed by atoms with Crippen LogP contribution in [-0.4, -0.2) is 44.8 Å². The molecule has 1 atom stereocenters. The van der Waals surface area contributed by atoms with E-state index in [1.54, 1.807) is 0 Å². The zero-order valence-electron chi connectivity index (χ0n) is 10.3. The topological polar surface area (TPSA) is 86.3 Å². The minimum absolute atomic E-state index is 0.0369. The lowest BCUT2D eigenvalue weighted by molar-refractivity contribution is -0.189. The molecule has 1 aliphatic rings. The molecule has 1 saturated heterocycles. The Morgan fingerprint density at radius 1 is 1.40 bits per heavy atom. The first-order chi connectivity index (χ1) is 9.32. The van der Waals surface area contributed by atoms with Crippen LogP contribution in [0.15, 0.2) is 6.20 Å². The Morgan fingerprint density at radius 3 is 2.70 bits per heavy atom. The van der Waals surface area contributed by atoms with Gasteiger partial charge in [-0.15, -0.1) is 0 Å². The van der Waals surface area contributed by atoms with Gasteiger partial charge in [0, 0.05) is 6.54 Å². The summed E-state index contributed by atoms with van der Waals surface area (Å²) in [4.78, 5) is 23.1. The van der Waals surface area contributed by atoms with E-state index < -0.39 is 24.1 Å². The van der Waals surface area contributed by atoms with Crippen LogP contribution < -0.4 is 0 Å². The molecule has 0 aliphatic carbocycles. The minimum atomic E-state index is -4.97. The number of likely N-dealkylation sites (tertiary alicyclic amines) is 1. The van der Waals surface area contributed by atoms with Crippen LogP contribution in [0.1, 0.15) is 41.4 Å². The molecular formula is C11H12F3N3O3. The molecule has 2 heterocycles. The summed E-state index contributed by atoms with van der Waals surface area (Å²) in [5.41, 5.74) is -0.174. The maximum Gasteiger partial charge on any atom is 0.471 e. The number of nitrogens with zero attached hydrogens (tertiary/aromatic N) is 2. The van der Waals surface area contributed by atoms with Gasteiger partial charge in [-0.3, -0.25) is 9.89 Å². The summed E-state index contributed by atoms with van der Waals surface area (Å²) in [6.45, 7) is -0.0545. The van der Waals surface area contributed by atoms with Crippen LogP contribution in [-0.2, 0) is 4.79 Å². The van der Waals surface area contributed by atoms with Gasteiger partial charge in [0.15, 0.2) is 0 Å². The second kappa shape index (κ2) is 5.14. The number of carbonyl (C=O) groups is 2. The van der Waals surface area contributed by atoms with Crippen molar-refractivity contribution in [2.75, 3.05) is 6.54 Å². The molecule has 0 bridgehead atoms. The molecule has 6 nitrogen and oxygen atoms in total. The molecule has 2 rings (SSSR count). The number of rotatable bonds is 2. The second-order valence-electron chi connectivity index (χ2n) is 4.51. The SMILES string of the molecule is O=C(O)c1cn[nH]c1C1CCCCN1C(=O)C(F)(F)F. The highest BCUT2D eigenvalue weighted by Crippen LogP contribution is 2.34. The average Bonchev–Trinajstić information content (AvgIpc) is 2.86. The van der Waals surface area contributed by atoms with Crippen molar-refractivity contribution in [3.8, 4) is 0 Å². The quantitative estimate of drug-likeness (QED) is 0.868. The number of H-pyrrole nitrogens is 1. The second-order valence-corrected chi connectivity index (χ2v) is 4.51. The van der Waals surface area contributed by atoms with Crippen molar-refractivity contribution in [1.29, 1.82) is 0 Å². The van der Waals surface area contributed by atoms with Crippen molar-refractivity contribution in [3.05, 3.63) is 17.5 Å². The molecule has 1 unspecified atom stereocenters. The highest BCUT2D eigenvalue weighted by Gasteiger charge is 2.46. The number of alkyl halides is 3. The fourth-order valence-electron chi connectivity index (χ4n) is 2.36. The molecule has 0 radical (unpaired) electrons. The first-order valence-corrected chi connectivity index (χ1v) is 5.96. The van der Waals surface area contributed by atoms with Crippen LogP contribution in [0.3, 0.4) is 0 Å². The predicted octanol–water partition coefficient (Wildman–Crippen LogP) is 1.72. The summed E-state index contributed by atoms with van der Waals surface area (Å²) in [6, 6.07) is -0.938. The van der Waals surface area contributed by atoms with Crippen molar-refractivity contribution in [1.82, 2.24) is 15.1 Å². The number of nitrogens with one attached hydrogen (secondary N) is 1. The Bertz CT molecular complexity index is 526. The van der Waals surface area contributed by atoms with Crippen LogP contribution in [0.2, 0.25) is 0 Å². The monoisotopic (exact) mass is 291 g/mol. The van der Waals surface area contributed by atoms with Gasteiger partial charge in [-0.1, -0.05) is 0 Å². The summed E-state index contributed by atoms with van der Waals surface area (Å²) >= 11 is 0. The number of hydrogen-bond acceptors (Lipinski definition) is 3. The van der Waals surface area contributed by atoms with Crippen LogP contribution in [0, 0.1) is 0 Å². The van der Waals surface area contributed by atoms with Crippen molar-refractivity contribution in [2.24, 2.45) is 0 Å². The molecule has 9 heteroatoms. The Morgan fingerprint density at radius 2 is 2.10 bits per heavy atom. The molecule has 1 aliphatic heterocycles. The minimum Gasteiger partial charge on any atom is -0.478 e. The first kappa shape index (κ1) is 14.4. The van der Waals surface area contributed by atoms with E-state index in [1.807, 2.05) is 0 Å². The number of amides is 1. The summed E-state index contributed by atoms with van der Waals surface area (Å²) in [5, 5.41) is 14.9. The van der Waals surface area contributed by atoms with Crippen molar-refractivity contribution in [3.63, 3.8) is 0 Å². The number of aromatic carboxylic acids is 1. The molecule has 1 aromatic heterocycles. The zero-order chi connectivity index (χ0) is 14.9. The maximum atomic E-state index is 12.6. The number of carboxylic acid groups (broad SMARTS) is 1. The molecular weight excluding hydrogens is 279 g/mol. The van der Waals surface area contributed by atoms with Crippen LogP contribution in [0.5, 0.6) is 0 Å². The van der Waals surface area contributed by atoms with E-state index in [0.29, 0.717) is 17.7 Å². The van der Waals surface area contributed by atoms with E-state index >= 15 is 0 Å². The smallest absolute Gasteiger partial charge is 0.471 e. The maximum absolute atomic E-state index is 12.6. The first-order valence-electron chi connectivity index (χ1n) is 5.96. The van der Waals surface area contributed by atoms with Crippen molar-refractivity contribution < 1.29 is 27.9 Å². The third-order valence-corrected chi connectivity index (χ3v) is 3.24. The molecule has 0 saturated carbocycles. The van der Waals surface area contributed by atoms with E-state index in [-0.39, 0.29) is 24.2 Å². The Balaban J connectivity index is 2.34. The van der Waals surface area contributed by atoms with Gasteiger partial charge >= 0.3 is 18.1 Å². The van der Waals surface area contributed by atoms with E-state index in [2.05, 4.69) is 10.2 Å². The largest absolute Gasteiger partial charge is 0.478 e. The van der Waals surface area contributed by atoms with Gasteiger partial charge in [-0.25, -0.2) is 4.79 Å². The lowest BCUT2D eigenvalue weighted by Crippen LogP contribution is -2.46. The average molecular weight is 291 g/mol. The van der Waals surface area contributed by atoms with E-state index in [0.717, 1.165) is 6.20 Å². The van der Waals surface area contributed by atoms with Gasteiger partial charge in [-0.2, -0.15) is 18.3 Å². The van der Waals surface area contributed by atoms with Crippen LogP contribution in [0.4, 0.5) is 13.2 Å². The van der Waals surface area contributed by atoms with Crippen molar-refractivity contribution in [2.45, 2.75) is 31.5 Å². The molecule has 1 amide bonds. The molecule has 20 heavy (non-hydrogen) atoms. The molecule has 2 N–H and O–H groups in total. The zero-order valence-corrected chi connectivity index (χ0v) is 10.3. The number of carboxylic acids is 1. The molecule has 1 aromatic rings. The van der Waals surface area contributed by atoms with Gasteiger partial charge < -0.3 is 10.0 Å². The Kier molecular flexibility index (Phi) is 3.69. The van der Waals surface area contributed by atoms with Gasteiger partial charge in [-0.05, 0) is 19.3 Å². The highest BCUT2D eigenvalue weighted by molar-refractivity contribution is 5.89. The normalized spacial score (nSPS) is 19.9. The summed E-state index contributed by atoms with van der Waals surface area (Å²) < 4.78 is 37.7. The standard InChI is InChI=1S/C11H12F3N3O3/c12-11(13,14)10(20)17-4-2-1-3-7(17)8-6(9(18)19)5-15-16-8/h5,7H,1-4H2,(H,15,16)(H,18,19). The van der Waals surface area contributed by atoms with Gasteiger partial charge in [0.1, 0.15) is 5.56 Å². The Hall–Kier alpha value is -2.06. The number of piperidine rings is 1. The third kappa shape index (κ3) is 2.61. The van der Waals surface area contributed by atoms with E-state index in [4.69, 9.17) is 5.11 Å². The fraction of sp³-hybridized carbons (Fsp3) is 0.545. The van der Waals surface area contributed by atoms with E-state index in [1.165, 1.54) is 0 Å². The Labute approximate surface area is 111 Å². The number of aromatic nitrogens is 2. The van der Waals surface area contributed by atoms with Crippen molar-refractivity contribution >= 4 is 11.9 Å². The van der Waals surface area contributed by atoms with E-state index in [9.17, 15) is 22.8 Å². The summed E-state index contributed by atoms with van der Waals surface area (Å²) in [7, 11) is 0. The van der Waals surface area contributed by atoms with Gasteiger partial charge in [0.2, 0.25) is 0 Å². The lowest BCUT2D eigenvalue weighted by Gasteiger charge is -2.35. The molecule has 0 spiro atoms. The molecule has 110 valence electrons. The number of halogens is 3. The lowest BCUT2D eigenvalue weighted by atomic mass is 9.97. The number of carbonyl (C=O) groups excluding carboxylic acids is 1. The predicted molar refractivity (Wildman–Crippen MR) is 59.9 cm³/mol. The van der Waals surface area contributed by atoms with Crippen LogP contribution in [0.25, 0.3) is 0 Å². The third-order valence-electron chi connectivity index (χ3n) is 3.24. The fourth-order valence-corrected chi connectivity index (χ4v) is 2.36. The summed E-state index contributed by atoms with van der Waals surface area (Å²) in [5.74, 6) is -3.24. The van der Waals surface area contributed by atoms with Gasteiger partial charge in [0.05, 0.1) is 17.9 Å². The number of aromatic amines is 1. The van der Waals surface area contributed by atoms with Gasteiger partial charge in [0.25, 0.3) is 0 Å². The summed E-state index contributed by atoms with van der Waals surface area (Å²) in [6.07, 6.45) is -2.61. The number of hydrogen-bond donors (Lipinski definition) is 2. The molecule has 1 fully saturated rings. The van der Waals surface area contributed by atoms with Crippen LogP contribution >= 0.6 is 0 Å². The highest BCUT2D eigenvalue weighted by atomic mass is 19.4. The molecule has 0 aromatic carbocycles.